The van der Waals surface area contributed by atoms with Gasteiger partial charge >= 0.3 is 18.4 Å². The standard InChI is InChI=1S/C24H23F6N5O3.C2H5NO2/c25-23(26,27)17(24(28,29)30)12-14-6-4-7-15-21(14)34-19(32-15)13-35-11-5-8-16(22(35)38)33-20(37)10-3-1-2-9-18(31)36;1-5-2(3)4/h2,4-9,11,17H,1,3,10,12-13H2,(H2,31,36)(H,32,34)(H,33,37);1H3,(H2,3,4)/b9-2+;. The summed E-state index contributed by atoms with van der Waals surface area (Å²) in [6, 6.07) is 6.77. The molecule has 0 atom stereocenters. The quantitative estimate of drug-likeness (QED) is 0.152. The number of allylic oxidation sites excluding steroid dienone is 1. The van der Waals surface area contributed by atoms with Gasteiger partial charge in [-0.1, -0.05) is 18.2 Å². The first kappa shape index (κ1) is 34.4. The van der Waals surface area contributed by atoms with Gasteiger partial charge in [-0.25, -0.2) is 9.78 Å². The lowest BCUT2D eigenvalue weighted by Crippen LogP contribution is -2.38. The van der Waals surface area contributed by atoms with Gasteiger partial charge in [-0.3, -0.25) is 14.4 Å². The topological polar surface area (TPSA) is 175 Å². The van der Waals surface area contributed by atoms with Crippen molar-refractivity contribution in [3.05, 3.63) is 70.4 Å². The number of pyridine rings is 1. The minimum Gasteiger partial charge on any atom is -0.453 e. The van der Waals surface area contributed by atoms with Crippen LogP contribution in [0.25, 0.3) is 11.0 Å². The third-order valence-corrected chi connectivity index (χ3v) is 5.73. The van der Waals surface area contributed by atoms with Gasteiger partial charge in [0, 0.05) is 12.6 Å². The third kappa shape index (κ3) is 10.8. The zero-order valence-corrected chi connectivity index (χ0v) is 22.6. The van der Waals surface area contributed by atoms with Crippen LogP contribution < -0.4 is 22.3 Å². The number of unbranched alkanes of at least 4 members (excludes halogenated alkanes) is 1. The number of ether oxygens (including phenoxy) is 1. The van der Waals surface area contributed by atoms with E-state index in [1.807, 2.05) is 0 Å². The molecule has 3 aromatic rings. The fourth-order valence-electron chi connectivity index (χ4n) is 3.73. The molecule has 17 heteroatoms. The number of primary amides is 2. The van der Waals surface area contributed by atoms with Gasteiger partial charge in [0.25, 0.3) is 5.56 Å². The number of fused-ring (bicyclic) bond motifs is 1. The number of nitrogens with zero attached hydrogens (tertiary/aromatic N) is 2. The summed E-state index contributed by atoms with van der Waals surface area (Å²) in [5, 5.41) is 2.49. The van der Waals surface area contributed by atoms with Gasteiger partial charge in [-0.05, 0) is 49.1 Å². The summed E-state index contributed by atoms with van der Waals surface area (Å²) >= 11 is 0. The number of methoxy groups -OCH3 is 1. The summed E-state index contributed by atoms with van der Waals surface area (Å²) in [5.74, 6) is -4.48. The van der Waals surface area contributed by atoms with E-state index in [2.05, 4.69) is 25.8 Å². The lowest BCUT2D eigenvalue weighted by atomic mass is 9.97. The molecule has 11 nitrogen and oxygen atoms in total. The molecule has 0 aliphatic carbocycles. The maximum Gasteiger partial charge on any atom is 0.404 e. The normalized spacial score (nSPS) is 11.8. The summed E-state index contributed by atoms with van der Waals surface area (Å²) in [6.45, 7) is -0.184. The van der Waals surface area contributed by atoms with Gasteiger partial charge in [0.1, 0.15) is 11.5 Å². The summed E-state index contributed by atoms with van der Waals surface area (Å²) in [5.41, 5.74) is 8.68. The Morgan fingerprint density at radius 2 is 1.74 bits per heavy atom. The van der Waals surface area contributed by atoms with Gasteiger partial charge in [-0.2, -0.15) is 26.3 Å². The van der Waals surface area contributed by atoms with Crippen molar-refractivity contribution in [3.63, 3.8) is 0 Å². The maximum atomic E-state index is 13.1. The fraction of sp³-hybridized carbons (Fsp3) is 0.346. The second kappa shape index (κ2) is 14.9. The van der Waals surface area contributed by atoms with E-state index < -0.39 is 48.2 Å². The smallest absolute Gasteiger partial charge is 0.404 e. The first-order chi connectivity index (χ1) is 20.0. The summed E-state index contributed by atoms with van der Waals surface area (Å²) in [6.07, 6.45) is -8.06. The Bertz CT molecular complexity index is 1500. The molecule has 6 N–H and O–H groups in total. The molecule has 2 aromatic heterocycles. The van der Waals surface area contributed by atoms with Crippen LogP contribution in [0.3, 0.4) is 0 Å². The van der Waals surface area contributed by atoms with Crippen molar-refractivity contribution in [2.75, 3.05) is 12.4 Å². The Balaban J connectivity index is 0.00000119. The van der Waals surface area contributed by atoms with Crippen molar-refractivity contribution in [2.45, 2.75) is 44.6 Å². The number of carbonyl (C=O) groups is 3. The summed E-state index contributed by atoms with van der Waals surface area (Å²) < 4.78 is 83.4. The summed E-state index contributed by atoms with van der Waals surface area (Å²) in [4.78, 5) is 51.9. The van der Waals surface area contributed by atoms with E-state index in [1.54, 1.807) is 0 Å². The average molecular weight is 619 g/mol. The molecular formula is C26H28F6N6O5. The number of imidazole rings is 1. The lowest BCUT2D eigenvalue weighted by molar-refractivity contribution is -0.283. The molecule has 0 aliphatic heterocycles. The maximum absolute atomic E-state index is 13.1. The highest BCUT2D eigenvalue weighted by molar-refractivity contribution is 5.90. The summed E-state index contributed by atoms with van der Waals surface area (Å²) in [7, 11) is 1.22. The van der Waals surface area contributed by atoms with E-state index in [0.717, 1.165) is 6.07 Å². The molecule has 2 heterocycles. The zero-order valence-electron chi connectivity index (χ0n) is 22.6. The number of benzene rings is 1. The zero-order chi connectivity index (χ0) is 32.4. The second-order valence-electron chi connectivity index (χ2n) is 8.96. The molecule has 0 saturated heterocycles. The molecule has 0 fully saturated rings. The molecule has 0 radical (unpaired) electrons. The predicted molar refractivity (Wildman–Crippen MR) is 143 cm³/mol. The van der Waals surface area contributed by atoms with Crippen LogP contribution in [0.2, 0.25) is 0 Å². The number of H-pyrrole nitrogens is 1. The highest BCUT2D eigenvalue weighted by Crippen LogP contribution is 2.41. The minimum atomic E-state index is -5.49. The van der Waals surface area contributed by atoms with E-state index in [-0.39, 0.29) is 41.1 Å². The van der Waals surface area contributed by atoms with Crippen molar-refractivity contribution in [3.8, 4) is 0 Å². The number of aromatic amines is 1. The van der Waals surface area contributed by atoms with Crippen LogP contribution >= 0.6 is 0 Å². The number of alkyl halides is 6. The Kier molecular flexibility index (Phi) is 11.9. The van der Waals surface area contributed by atoms with Crippen LogP contribution in [0.4, 0.5) is 36.8 Å². The van der Waals surface area contributed by atoms with Crippen LogP contribution in [-0.2, 0) is 27.3 Å². The minimum absolute atomic E-state index is 0.0276. The molecular weight excluding hydrogens is 590 g/mol. The van der Waals surface area contributed by atoms with Crippen LogP contribution in [0, 0.1) is 5.92 Å². The van der Waals surface area contributed by atoms with E-state index >= 15 is 0 Å². The monoisotopic (exact) mass is 618 g/mol. The molecule has 0 bridgehead atoms. The first-order valence-corrected chi connectivity index (χ1v) is 12.4. The molecule has 3 rings (SSSR count). The predicted octanol–water partition coefficient (Wildman–Crippen LogP) is 3.92. The number of carbonyl (C=O) groups excluding carboxylic acids is 3. The number of hydrogen-bond acceptors (Lipinski definition) is 6. The number of para-hydroxylation sites is 1. The molecule has 0 spiro atoms. The van der Waals surface area contributed by atoms with Crippen molar-refractivity contribution in [2.24, 2.45) is 17.4 Å². The van der Waals surface area contributed by atoms with Gasteiger partial charge in [-0.15, -0.1) is 0 Å². The molecule has 43 heavy (non-hydrogen) atoms. The highest BCUT2D eigenvalue weighted by Gasteiger charge is 2.56. The Morgan fingerprint density at radius 3 is 2.33 bits per heavy atom. The molecule has 3 amide bonds. The number of halogens is 6. The average Bonchev–Trinajstić information content (AvgIpc) is 3.31. The Hall–Kier alpha value is -4.83. The molecule has 1 aromatic carbocycles. The number of anilines is 1. The largest absolute Gasteiger partial charge is 0.453 e. The van der Waals surface area contributed by atoms with Crippen molar-refractivity contribution >= 4 is 34.6 Å². The van der Waals surface area contributed by atoms with E-state index in [1.165, 1.54) is 54.3 Å². The number of rotatable bonds is 10. The van der Waals surface area contributed by atoms with Crippen molar-refractivity contribution in [1.29, 1.82) is 0 Å². The SMILES string of the molecule is COC(N)=O.NC(=O)/C=C/CCCC(=O)Nc1cccn(Cc2nc3c(CC(C(F)(F)F)C(F)(F)F)cccc3[nH]2)c1=O. The highest BCUT2D eigenvalue weighted by atomic mass is 19.4. The molecule has 0 unspecified atom stereocenters. The first-order valence-electron chi connectivity index (χ1n) is 12.4. The van der Waals surface area contributed by atoms with E-state index in [9.17, 15) is 45.5 Å². The third-order valence-electron chi connectivity index (χ3n) is 5.73. The van der Waals surface area contributed by atoms with Gasteiger partial charge in [0.15, 0.2) is 5.92 Å². The number of aromatic nitrogens is 3. The molecule has 0 aliphatic rings. The van der Waals surface area contributed by atoms with E-state index in [4.69, 9.17) is 5.73 Å². The van der Waals surface area contributed by atoms with Crippen molar-refractivity contribution in [1.82, 2.24) is 14.5 Å². The number of nitrogens with one attached hydrogen (secondary N) is 2. The van der Waals surface area contributed by atoms with Crippen LogP contribution in [0.15, 0.2) is 53.5 Å². The van der Waals surface area contributed by atoms with Gasteiger partial charge < -0.3 is 31.1 Å². The second-order valence-corrected chi connectivity index (χ2v) is 8.96. The van der Waals surface area contributed by atoms with Crippen LogP contribution in [0.5, 0.6) is 0 Å². The number of hydrogen-bond donors (Lipinski definition) is 4. The van der Waals surface area contributed by atoms with Gasteiger partial charge in [0.05, 0.1) is 24.7 Å². The molecule has 0 saturated carbocycles. The Morgan fingerprint density at radius 1 is 1.09 bits per heavy atom. The van der Waals surface area contributed by atoms with Gasteiger partial charge in [0.2, 0.25) is 11.8 Å². The number of amides is 3. The Labute approximate surface area is 239 Å². The lowest BCUT2D eigenvalue weighted by Gasteiger charge is -2.23. The van der Waals surface area contributed by atoms with E-state index in [0.29, 0.717) is 12.8 Å². The van der Waals surface area contributed by atoms with Crippen LogP contribution in [0.1, 0.15) is 30.7 Å². The molecule has 234 valence electrons. The fourth-order valence-corrected chi connectivity index (χ4v) is 3.73. The van der Waals surface area contributed by atoms with Crippen molar-refractivity contribution < 1.29 is 45.5 Å². The van der Waals surface area contributed by atoms with Crippen LogP contribution in [-0.4, -0.2) is 51.9 Å². The number of nitrogens with two attached hydrogens (primary N) is 2.